The van der Waals surface area contributed by atoms with Gasteiger partial charge in [0.2, 0.25) is 5.91 Å². The second kappa shape index (κ2) is 8.04. The molecule has 0 fully saturated rings. The van der Waals surface area contributed by atoms with Crippen LogP contribution in [0, 0.1) is 6.92 Å². The largest absolute Gasteiger partial charge is 0.486 e. The van der Waals surface area contributed by atoms with Crippen LogP contribution in [-0.2, 0) is 4.79 Å². The van der Waals surface area contributed by atoms with Gasteiger partial charge in [-0.3, -0.25) is 4.79 Å². The molecule has 128 valence electrons. The van der Waals surface area contributed by atoms with Gasteiger partial charge in [0.25, 0.3) is 0 Å². The number of para-hydroxylation sites is 2. The first-order valence-electron chi connectivity index (χ1n) is 7.62. The highest BCUT2D eigenvalue weighted by atomic mass is 35.5. The van der Waals surface area contributed by atoms with Crippen molar-refractivity contribution in [2.75, 3.05) is 13.2 Å². The van der Waals surface area contributed by atoms with Gasteiger partial charge in [0.15, 0.2) is 11.5 Å². The normalized spacial score (nSPS) is 16.7. The first-order chi connectivity index (χ1) is 11.1. The zero-order valence-electron chi connectivity index (χ0n) is 13.4. The Hall–Kier alpha value is -2.24. The number of hydrogen-bond acceptors (Lipinski definition) is 4. The standard InChI is InChI=1S/C18H20N2O3.ClH/c1-12-6-8-13(9-7-12)17(19)18(21)20-10-14-11-22-15-4-2-3-5-16(15)23-14;/h2-9,14,17H,10-11,19H2,1H3,(H,20,21);1H. The van der Waals surface area contributed by atoms with E-state index in [1.54, 1.807) is 0 Å². The average molecular weight is 349 g/mol. The Morgan fingerprint density at radius 2 is 1.88 bits per heavy atom. The molecule has 1 heterocycles. The fraction of sp³-hybridized carbons (Fsp3) is 0.278. The minimum Gasteiger partial charge on any atom is -0.486 e. The van der Waals surface area contributed by atoms with Gasteiger partial charge in [-0.05, 0) is 24.6 Å². The highest BCUT2D eigenvalue weighted by Crippen LogP contribution is 2.30. The maximum atomic E-state index is 12.2. The minimum absolute atomic E-state index is 0. The van der Waals surface area contributed by atoms with Crippen molar-refractivity contribution in [1.29, 1.82) is 0 Å². The molecule has 0 saturated heterocycles. The Balaban J connectivity index is 0.00000208. The topological polar surface area (TPSA) is 73.6 Å². The van der Waals surface area contributed by atoms with Crippen LogP contribution in [0.25, 0.3) is 0 Å². The van der Waals surface area contributed by atoms with E-state index in [1.165, 1.54) is 0 Å². The molecule has 6 heteroatoms. The van der Waals surface area contributed by atoms with Gasteiger partial charge in [0.1, 0.15) is 18.8 Å². The Kier molecular flexibility index (Phi) is 6.06. The van der Waals surface area contributed by atoms with Crippen LogP contribution in [0.15, 0.2) is 48.5 Å². The molecule has 1 aliphatic heterocycles. The molecular weight excluding hydrogens is 328 g/mol. The first kappa shape index (κ1) is 18.1. The number of carbonyl (C=O) groups excluding carboxylic acids is 1. The van der Waals surface area contributed by atoms with Crippen molar-refractivity contribution in [3.05, 3.63) is 59.7 Å². The van der Waals surface area contributed by atoms with Gasteiger partial charge in [-0.1, -0.05) is 42.0 Å². The summed E-state index contributed by atoms with van der Waals surface area (Å²) in [7, 11) is 0. The zero-order chi connectivity index (χ0) is 16.2. The van der Waals surface area contributed by atoms with E-state index in [-0.39, 0.29) is 24.4 Å². The summed E-state index contributed by atoms with van der Waals surface area (Å²) in [5.74, 6) is 1.20. The number of aryl methyl sites for hydroxylation is 1. The molecule has 0 bridgehead atoms. The molecule has 0 spiro atoms. The van der Waals surface area contributed by atoms with Crippen molar-refractivity contribution in [2.24, 2.45) is 5.73 Å². The molecule has 0 aliphatic carbocycles. The van der Waals surface area contributed by atoms with Crippen LogP contribution in [0.4, 0.5) is 0 Å². The third-order valence-electron chi connectivity index (χ3n) is 3.79. The number of ether oxygens (including phenoxy) is 2. The summed E-state index contributed by atoms with van der Waals surface area (Å²) in [6.45, 7) is 2.75. The van der Waals surface area contributed by atoms with Crippen LogP contribution in [0.1, 0.15) is 17.2 Å². The molecule has 2 unspecified atom stereocenters. The summed E-state index contributed by atoms with van der Waals surface area (Å²) in [4.78, 5) is 12.2. The van der Waals surface area contributed by atoms with Gasteiger partial charge in [0.05, 0.1) is 6.54 Å². The van der Waals surface area contributed by atoms with Crippen LogP contribution < -0.4 is 20.5 Å². The van der Waals surface area contributed by atoms with Crippen molar-refractivity contribution >= 4 is 18.3 Å². The summed E-state index contributed by atoms with van der Waals surface area (Å²) < 4.78 is 11.4. The SMILES string of the molecule is Cc1ccc(C(N)C(=O)NCC2COc3ccccc3O2)cc1.Cl. The van der Waals surface area contributed by atoms with Crippen molar-refractivity contribution in [1.82, 2.24) is 5.32 Å². The lowest BCUT2D eigenvalue weighted by molar-refractivity contribution is -0.123. The third-order valence-corrected chi connectivity index (χ3v) is 3.79. The first-order valence-corrected chi connectivity index (χ1v) is 7.62. The second-order valence-electron chi connectivity index (χ2n) is 5.63. The van der Waals surface area contributed by atoms with Crippen molar-refractivity contribution in [3.63, 3.8) is 0 Å². The number of halogens is 1. The lowest BCUT2D eigenvalue weighted by Gasteiger charge is -2.27. The minimum atomic E-state index is -0.688. The van der Waals surface area contributed by atoms with E-state index in [2.05, 4.69) is 5.32 Å². The molecule has 0 saturated carbocycles. The maximum Gasteiger partial charge on any atom is 0.241 e. The van der Waals surface area contributed by atoms with Crippen LogP contribution >= 0.6 is 12.4 Å². The quantitative estimate of drug-likeness (QED) is 0.889. The van der Waals surface area contributed by atoms with E-state index in [1.807, 2.05) is 55.5 Å². The molecule has 1 amide bonds. The molecule has 2 aromatic carbocycles. The highest BCUT2D eigenvalue weighted by Gasteiger charge is 2.22. The zero-order valence-corrected chi connectivity index (χ0v) is 14.2. The summed E-state index contributed by atoms with van der Waals surface area (Å²) in [6.07, 6.45) is -0.223. The highest BCUT2D eigenvalue weighted by molar-refractivity contribution is 5.85. The monoisotopic (exact) mass is 348 g/mol. The predicted molar refractivity (Wildman–Crippen MR) is 94.7 cm³/mol. The molecule has 2 atom stereocenters. The fourth-order valence-electron chi connectivity index (χ4n) is 2.41. The van der Waals surface area contributed by atoms with E-state index >= 15 is 0 Å². The predicted octanol–water partition coefficient (Wildman–Crippen LogP) is 2.37. The Morgan fingerprint density at radius 3 is 2.58 bits per heavy atom. The second-order valence-corrected chi connectivity index (χ2v) is 5.63. The molecule has 24 heavy (non-hydrogen) atoms. The average Bonchev–Trinajstić information content (AvgIpc) is 2.59. The summed E-state index contributed by atoms with van der Waals surface area (Å²) in [5.41, 5.74) is 7.92. The van der Waals surface area contributed by atoms with Crippen molar-refractivity contribution in [2.45, 2.75) is 19.1 Å². The van der Waals surface area contributed by atoms with Gasteiger partial charge in [-0.2, -0.15) is 0 Å². The number of nitrogens with two attached hydrogens (primary N) is 1. The molecule has 3 rings (SSSR count). The number of carbonyl (C=O) groups is 1. The van der Waals surface area contributed by atoms with E-state index in [0.717, 1.165) is 16.9 Å². The molecule has 2 aromatic rings. The number of amides is 1. The summed E-state index contributed by atoms with van der Waals surface area (Å²) in [6, 6.07) is 14.4. The summed E-state index contributed by atoms with van der Waals surface area (Å²) in [5, 5.41) is 2.83. The lowest BCUT2D eigenvalue weighted by Crippen LogP contribution is -2.43. The van der Waals surface area contributed by atoms with E-state index in [9.17, 15) is 4.79 Å². The Morgan fingerprint density at radius 1 is 1.21 bits per heavy atom. The van der Waals surface area contributed by atoms with E-state index < -0.39 is 6.04 Å². The fourth-order valence-corrected chi connectivity index (χ4v) is 2.41. The Bertz CT molecular complexity index is 691. The van der Waals surface area contributed by atoms with E-state index in [4.69, 9.17) is 15.2 Å². The van der Waals surface area contributed by atoms with Gasteiger partial charge in [0, 0.05) is 0 Å². The lowest BCUT2D eigenvalue weighted by atomic mass is 10.1. The van der Waals surface area contributed by atoms with Crippen LogP contribution in [0.3, 0.4) is 0 Å². The van der Waals surface area contributed by atoms with Gasteiger partial charge in [-0.25, -0.2) is 0 Å². The van der Waals surface area contributed by atoms with Crippen molar-refractivity contribution < 1.29 is 14.3 Å². The number of nitrogens with one attached hydrogen (secondary N) is 1. The molecular formula is C18H21ClN2O3. The van der Waals surface area contributed by atoms with Gasteiger partial charge in [-0.15, -0.1) is 12.4 Å². The number of hydrogen-bond donors (Lipinski definition) is 2. The molecule has 1 aliphatic rings. The molecule has 0 radical (unpaired) electrons. The summed E-state index contributed by atoms with van der Waals surface area (Å²) >= 11 is 0. The van der Waals surface area contributed by atoms with Crippen LogP contribution in [0.2, 0.25) is 0 Å². The Labute approximate surface area is 147 Å². The maximum absolute atomic E-state index is 12.2. The van der Waals surface area contributed by atoms with Gasteiger partial charge >= 0.3 is 0 Å². The smallest absolute Gasteiger partial charge is 0.241 e. The number of rotatable bonds is 4. The van der Waals surface area contributed by atoms with E-state index in [0.29, 0.717) is 18.9 Å². The van der Waals surface area contributed by atoms with Crippen molar-refractivity contribution in [3.8, 4) is 11.5 Å². The third kappa shape index (κ3) is 4.19. The number of fused-ring (bicyclic) bond motifs is 1. The van der Waals surface area contributed by atoms with Crippen LogP contribution in [0.5, 0.6) is 11.5 Å². The van der Waals surface area contributed by atoms with Crippen LogP contribution in [-0.4, -0.2) is 25.2 Å². The molecule has 5 nitrogen and oxygen atoms in total. The van der Waals surface area contributed by atoms with Gasteiger partial charge < -0.3 is 20.5 Å². The molecule has 3 N–H and O–H groups in total. The number of benzene rings is 2. The molecule has 0 aromatic heterocycles.